The van der Waals surface area contributed by atoms with Gasteiger partial charge in [0.15, 0.2) is 0 Å². The van der Waals surface area contributed by atoms with Crippen LogP contribution in [0.1, 0.15) is 30.0 Å². The Hall–Kier alpha value is -0.280. The Balaban J connectivity index is 0.000000902. The molecule has 0 amide bonds. The molecular weight excluding hydrogens is 279 g/mol. The maximum Gasteiger partial charge on any atom is 0.0377 e. The zero-order chi connectivity index (χ0) is 11.7. The Kier molecular flexibility index (Phi) is 6.61. The minimum absolute atomic E-state index is 0. The molecule has 0 radical (unpaired) electrons. The summed E-state index contributed by atoms with van der Waals surface area (Å²) in [6.07, 6.45) is 2.84. The van der Waals surface area contributed by atoms with E-state index >= 15 is 0 Å². The first-order valence-electron chi connectivity index (χ1n) is 6.86. The Morgan fingerprint density at radius 1 is 1.16 bits per heavy atom. The number of benzene rings is 1. The third-order valence-electron chi connectivity index (χ3n) is 4.00. The van der Waals surface area contributed by atoms with Crippen LogP contribution in [0.3, 0.4) is 0 Å². The highest BCUT2D eigenvalue weighted by Crippen LogP contribution is 2.44. The van der Waals surface area contributed by atoms with Gasteiger partial charge < -0.3 is 5.32 Å². The molecule has 1 N–H and O–H groups in total. The summed E-state index contributed by atoms with van der Waals surface area (Å²) in [5.74, 6) is 0.912. The lowest BCUT2D eigenvalue weighted by atomic mass is 9.98. The molecule has 1 aliphatic carbocycles. The van der Waals surface area contributed by atoms with Crippen molar-refractivity contribution in [2.24, 2.45) is 5.92 Å². The highest BCUT2D eigenvalue weighted by atomic mass is 35.5. The number of hydrogen-bond acceptors (Lipinski definition) is 2. The summed E-state index contributed by atoms with van der Waals surface area (Å²) in [7, 11) is 0. The zero-order valence-corrected chi connectivity index (χ0v) is 13.1. The fourth-order valence-corrected chi connectivity index (χ4v) is 3.01. The molecule has 2 nitrogen and oxygen atoms in total. The summed E-state index contributed by atoms with van der Waals surface area (Å²) < 4.78 is 0. The molecule has 0 spiro atoms. The molecule has 0 aromatic heterocycles. The number of rotatable bonds is 3. The molecule has 19 heavy (non-hydrogen) atoms. The molecule has 1 heterocycles. The summed E-state index contributed by atoms with van der Waals surface area (Å²) in [5, 5.41) is 3.45. The number of nitrogens with one attached hydrogen (secondary N) is 1. The van der Waals surface area contributed by atoms with Crippen molar-refractivity contribution in [3.63, 3.8) is 0 Å². The van der Waals surface area contributed by atoms with Gasteiger partial charge in [0.2, 0.25) is 0 Å². The van der Waals surface area contributed by atoms with E-state index in [1.807, 2.05) is 0 Å². The van der Waals surface area contributed by atoms with Gasteiger partial charge in [0.1, 0.15) is 0 Å². The lowest BCUT2D eigenvalue weighted by Crippen LogP contribution is -2.45. The molecule has 3 rings (SSSR count). The van der Waals surface area contributed by atoms with E-state index < -0.39 is 0 Å². The zero-order valence-electron chi connectivity index (χ0n) is 11.5. The SMILES string of the molecule is Cc1cccc([C@@H](C2CC2)N2CCNCC2)c1.Cl.Cl. The van der Waals surface area contributed by atoms with Crippen molar-refractivity contribution in [2.75, 3.05) is 26.2 Å². The van der Waals surface area contributed by atoms with Crippen LogP contribution in [0.15, 0.2) is 24.3 Å². The maximum absolute atomic E-state index is 3.45. The van der Waals surface area contributed by atoms with Gasteiger partial charge in [-0.25, -0.2) is 0 Å². The van der Waals surface area contributed by atoms with Gasteiger partial charge in [0.05, 0.1) is 0 Å². The Labute approximate surface area is 128 Å². The largest absolute Gasteiger partial charge is 0.314 e. The first-order valence-corrected chi connectivity index (χ1v) is 6.86. The fourth-order valence-electron chi connectivity index (χ4n) is 3.01. The molecule has 1 saturated carbocycles. The van der Waals surface area contributed by atoms with Gasteiger partial charge in [-0.1, -0.05) is 29.8 Å². The van der Waals surface area contributed by atoms with Crippen LogP contribution in [-0.4, -0.2) is 31.1 Å². The fraction of sp³-hybridized carbons (Fsp3) is 0.600. The van der Waals surface area contributed by atoms with E-state index in [1.54, 1.807) is 0 Å². The summed E-state index contributed by atoms with van der Waals surface area (Å²) in [4.78, 5) is 2.68. The molecule has 4 heteroatoms. The standard InChI is InChI=1S/C15H22N2.2ClH/c1-12-3-2-4-14(11-12)15(13-5-6-13)17-9-7-16-8-10-17;;/h2-4,11,13,15-16H,5-10H2,1H3;2*1H/t15-;;/m1../s1. The minimum atomic E-state index is 0. The van der Waals surface area contributed by atoms with Gasteiger partial charge in [0, 0.05) is 32.2 Å². The highest BCUT2D eigenvalue weighted by Gasteiger charge is 2.36. The average molecular weight is 303 g/mol. The summed E-state index contributed by atoms with van der Waals surface area (Å²) in [6.45, 7) is 6.90. The summed E-state index contributed by atoms with van der Waals surface area (Å²) in [5.41, 5.74) is 2.93. The number of nitrogens with zero attached hydrogens (tertiary/aromatic N) is 1. The Morgan fingerprint density at radius 3 is 2.42 bits per heavy atom. The number of halogens is 2. The maximum atomic E-state index is 3.45. The second-order valence-electron chi connectivity index (χ2n) is 5.48. The highest BCUT2D eigenvalue weighted by molar-refractivity contribution is 5.85. The molecule has 108 valence electrons. The second-order valence-corrected chi connectivity index (χ2v) is 5.48. The van der Waals surface area contributed by atoms with E-state index in [1.165, 1.54) is 37.1 Å². The van der Waals surface area contributed by atoms with Crippen molar-refractivity contribution in [2.45, 2.75) is 25.8 Å². The van der Waals surface area contributed by atoms with Crippen LogP contribution in [0.25, 0.3) is 0 Å². The van der Waals surface area contributed by atoms with Crippen LogP contribution in [0.2, 0.25) is 0 Å². The summed E-state index contributed by atoms with van der Waals surface area (Å²) in [6, 6.07) is 9.79. The second kappa shape index (κ2) is 7.49. The van der Waals surface area contributed by atoms with Gasteiger partial charge in [-0.2, -0.15) is 0 Å². The van der Waals surface area contributed by atoms with Crippen LogP contribution in [0.5, 0.6) is 0 Å². The summed E-state index contributed by atoms with van der Waals surface area (Å²) >= 11 is 0. The van der Waals surface area contributed by atoms with Crippen molar-refractivity contribution < 1.29 is 0 Å². The monoisotopic (exact) mass is 302 g/mol. The lowest BCUT2D eigenvalue weighted by molar-refractivity contribution is 0.156. The van der Waals surface area contributed by atoms with E-state index in [0.717, 1.165) is 19.0 Å². The van der Waals surface area contributed by atoms with Gasteiger partial charge in [-0.15, -0.1) is 24.8 Å². The normalized spacial score (nSPS) is 21.1. The van der Waals surface area contributed by atoms with E-state index in [0.29, 0.717) is 6.04 Å². The minimum Gasteiger partial charge on any atom is -0.314 e. The van der Waals surface area contributed by atoms with E-state index in [2.05, 4.69) is 41.4 Å². The Morgan fingerprint density at radius 2 is 1.84 bits per heavy atom. The number of hydrogen-bond donors (Lipinski definition) is 1. The van der Waals surface area contributed by atoms with Crippen molar-refractivity contribution in [1.82, 2.24) is 10.2 Å². The van der Waals surface area contributed by atoms with Gasteiger partial charge in [0.25, 0.3) is 0 Å². The predicted octanol–water partition coefficient (Wildman–Crippen LogP) is 3.19. The topological polar surface area (TPSA) is 15.3 Å². The van der Waals surface area contributed by atoms with Crippen LogP contribution in [-0.2, 0) is 0 Å². The lowest BCUT2D eigenvalue weighted by Gasteiger charge is -2.35. The molecule has 0 bridgehead atoms. The number of aryl methyl sites for hydroxylation is 1. The van der Waals surface area contributed by atoms with Crippen molar-refractivity contribution >= 4 is 24.8 Å². The molecule has 2 aliphatic rings. The van der Waals surface area contributed by atoms with Gasteiger partial charge >= 0.3 is 0 Å². The van der Waals surface area contributed by atoms with E-state index in [4.69, 9.17) is 0 Å². The van der Waals surface area contributed by atoms with Gasteiger partial charge in [-0.3, -0.25) is 4.90 Å². The van der Waals surface area contributed by atoms with Crippen LogP contribution >= 0.6 is 24.8 Å². The molecule has 1 saturated heterocycles. The third-order valence-corrected chi connectivity index (χ3v) is 4.00. The average Bonchev–Trinajstić information content (AvgIpc) is 3.15. The molecule has 1 aromatic carbocycles. The molecule has 1 aromatic rings. The first-order chi connectivity index (χ1) is 8.34. The predicted molar refractivity (Wildman–Crippen MR) is 85.6 cm³/mol. The molecule has 1 aliphatic heterocycles. The van der Waals surface area contributed by atoms with Crippen molar-refractivity contribution in [3.05, 3.63) is 35.4 Å². The van der Waals surface area contributed by atoms with Crippen molar-refractivity contribution in [1.29, 1.82) is 0 Å². The van der Waals surface area contributed by atoms with Gasteiger partial charge in [-0.05, 0) is 31.2 Å². The smallest absolute Gasteiger partial charge is 0.0377 e. The molecule has 0 unspecified atom stereocenters. The molecular formula is C15H24Cl2N2. The van der Waals surface area contributed by atoms with E-state index in [9.17, 15) is 0 Å². The number of piperazine rings is 1. The van der Waals surface area contributed by atoms with Crippen LogP contribution < -0.4 is 5.32 Å². The Bertz CT molecular complexity index is 387. The molecule has 2 fully saturated rings. The van der Waals surface area contributed by atoms with Crippen LogP contribution in [0, 0.1) is 12.8 Å². The van der Waals surface area contributed by atoms with Crippen molar-refractivity contribution in [3.8, 4) is 0 Å². The quantitative estimate of drug-likeness (QED) is 0.922. The van der Waals surface area contributed by atoms with Crippen LogP contribution in [0.4, 0.5) is 0 Å². The first kappa shape index (κ1) is 16.8. The third kappa shape index (κ3) is 4.09. The molecule has 1 atom stereocenters. The van der Waals surface area contributed by atoms with E-state index in [-0.39, 0.29) is 24.8 Å².